The minimum Gasteiger partial charge on any atom is -0.482 e. The molecular weight excluding hydrogens is 268 g/mol. The molecule has 0 saturated heterocycles. The molecule has 0 atom stereocenters. The number of ether oxygens (including phenoxy) is 1. The lowest BCUT2D eigenvalue weighted by Gasteiger charge is -2.09. The molecule has 0 aliphatic carbocycles. The molecule has 0 spiro atoms. The first-order chi connectivity index (χ1) is 9.47. The van der Waals surface area contributed by atoms with Gasteiger partial charge >= 0.3 is 5.69 Å². The molecule has 0 amide bonds. The predicted molar refractivity (Wildman–Crippen MR) is 68.5 cm³/mol. The van der Waals surface area contributed by atoms with Gasteiger partial charge in [0.25, 0.3) is 0 Å². The van der Waals surface area contributed by atoms with Crippen LogP contribution >= 0.6 is 0 Å². The molecule has 0 saturated carbocycles. The molecule has 2 aromatic carbocycles. The fourth-order valence-electron chi connectivity index (χ4n) is 1.73. The quantitative estimate of drug-likeness (QED) is 0.632. The summed E-state index contributed by atoms with van der Waals surface area (Å²) in [7, 11) is 0. The van der Waals surface area contributed by atoms with Gasteiger partial charge in [0.1, 0.15) is 18.2 Å². The van der Waals surface area contributed by atoms with E-state index in [0.29, 0.717) is 11.1 Å². The molecule has 20 heavy (non-hydrogen) atoms. The lowest BCUT2D eigenvalue weighted by Crippen LogP contribution is -2.01. The van der Waals surface area contributed by atoms with E-state index in [1.165, 1.54) is 18.2 Å². The van der Waals surface area contributed by atoms with E-state index in [1.54, 1.807) is 6.92 Å². The summed E-state index contributed by atoms with van der Waals surface area (Å²) in [5.41, 5.74) is 1.01. The second kappa shape index (κ2) is 5.64. The fraction of sp³-hybridized carbons (Fsp3) is 0.143. The maximum Gasteiger partial charge on any atom is 0.311 e. The Morgan fingerprint density at radius 2 is 1.80 bits per heavy atom. The third-order valence-electron chi connectivity index (χ3n) is 2.81. The highest BCUT2D eigenvalue weighted by Crippen LogP contribution is 2.28. The third-order valence-corrected chi connectivity index (χ3v) is 2.81. The average Bonchev–Trinajstić information content (AvgIpc) is 2.37. The van der Waals surface area contributed by atoms with Gasteiger partial charge in [-0.2, -0.15) is 0 Å². The van der Waals surface area contributed by atoms with E-state index in [-0.39, 0.29) is 23.9 Å². The van der Waals surface area contributed by atoms with Gasteiger partial charge in [-0.25, -0.2) is 8.78 Å². The summed E-state index contributed by atoms with van der Waals surface area (Å²) in [5, 5.41) is 10.8. The normalized spacial score (nSPS) is 10.3. The number of nitro benzene ring substituents is 1. The van der Waals surface area contributed by atoms with E-state index < -0.39 is 10.7 Å². The molecule has 0 unspecified atom stereocenters. The first kappa shape index (κ1) is 13.9. The van der Waals surface area contributed by atoms with Crippen molar-refractivity contribution in [3.8, 4) is 5.75 Å². The molecule has 0 heterocycles. The average molecular weight is 279 g/mol. The van der Waals surface area contributed by atoms with E-state index in [1.807, 2.05) is 0 Å². The molecule has 0 fully saturated rings. The minimum absolute atomic E-state index is 0.00356. The minimum atomic E-state index is -0.647. The number of benzene rings is 2. The summed E-state index contributed by atoms with van der Waals surface area (Å²) in [5.74, 6) is -1.15. The van der Waals surface area contributed by atoms with Crippen LogP contribution < -0.4 is 4.74 Å². The summed E-state index contributed by atoms with van der Waals surface area (Å²) in [6.45, 7) is 1.69. The van der Waals surface area contributed by atoms with Gasteiger partial charge in [0.15, 0.2) is 5.75 Å². The monoisotopic (exact) mass is 279 g/mol. The zero-order valence-corrected chi connectivity index (χ0v) is 10.6. The maximum absolute atomic E-state index is 13.1. The van der Waals surface area contributed by atoms with Crippen LogP contribution in [-0.4, -0.2) is 4.92 Å². The molecule has 0 N–H and O–H groups in total. The Balaban J connectivity index is 2.22. The van der Waals surface area contributed by atoms with Gasteiger partial charge in [-0.05, 0) is 36.2 Å². The van der Waals surface area contributed by atoms with E-state index in [4.69, 9.17) is 4.74 Å². The molecule has 0 aliphatic rings. The van der Waals surface area contributed by atoms with E-state index in [0.717, 1.165) is 18.2 Å². The zero-order chi connectivity index (χ0) is 14.7. The van der Waals surface area contributed by atoms with Crippen molar-refractivity contribution in [3.63, 3.8) is 0 Å². The number of aryl methyl sites for hydroxylation is 1. The van der Waals surface area contributed by atoms with E-state index in [9.17, 15) is 18.9 Å². The lowest BCUT2D eigenvalue weighted by atomic mass is 10.1. The Hall–Kier alpha value is -2.50. The highest BCUT2D eigenvalue weighted by molar-refractivity contribution is 5.46. The smallest absolute Gasteiger partial charge is 0.311 e. The molecule has 0 radical (unpaired) electrons. The fourth-order valence-corrected chi connectivity index (χ4v) is 1.73. The molecule has 6 heteroatoms. The number of hydrogen-bond acceptors (Lipinski definition) is 3. The van der Waals surface area contributed by atoms with Gasteiger partial charge in [-0.15, -0.1) is 0 Å². The van der Waals surface area contributed by atoms with Gasteiger partial charge < -0.3 is 4.74 Å². The number of nitrogens with zero attached hydrogens (tertiary/aromatic N) is 1. The van der Waals surface area contributed by atoms with Gasteiger partial charge in [0.2, 0.25) is 0 Å². The first-order valence-electron chi connectivity index (χ1n) is 5.79. The first-order valence-corrected chi connectivity index (χ1v) is 5.79. The summed E-state index contributed by atoms with van der Waals surface area (Å²) >= 11 is 0. The second-order valence-electron chi connectivity index (χ2n) is 4.23. The maximum atomic E-state index is 13.1. The van der Waals surface area contributed by atoms with Crippen molar-refractivity contribution in [1.29, 1.82) is 0 Å². The summed E-state index contributed by atoms with van der Waals surface area (Å²) < 4.78 is 31.4. The number of halogens is 2. The van der Waals surface area contributed by atoms with E-state index >= 15 is 0 Å². The van der Waals surface area contributed by atoms with Crippen LogP contribution in [0.3, 0.4) is 0 Å². The Kier molecular flexibility index (Phi) is 3.93. The standard InChI is InChI=1S/C14H11F2NO3/c1-9-6-11(15)3-2-10(9)8-20-14-7-12(16)4-5-13(14)17(18)19/h2-7H,8H2,1H3. The topological polar surface area (TPSA) is 52.4 Å². The molecule has 2 aromatic rings. The summed E-state index contributed by atoms with van der Waals surface area (Å²) in [6.07, 6.45) is 0. The Bertz CT molecular complexity index is 659. The lowest BCUT2D eigenvalue weighted by molar-refractivity contribution is -0.386. The molecule has 2 rings (SSSR count). The Morgan fingerprint density at radius 1 is 1.15 bits per heavy atom. The molecule has 0 aliphatic heterocycles. The number of hydrogen-bond donors (Lipinski definition) is 0. The van der Waals surface area contributed by atoms with Crippen molar-refractivity contribution in [2.24, 2.45) is 0 Å². The molecule has 0 aromatic heterocycles. The summed E-state index contributed by atoms with van der Waals surface area (Å²) in [4.78, 5) is 10.2. The van der Waals surface area contributed by atoms with Crippen LogP contribution in [0.1, 0.15) is 11.1 Å². The van der Waals surface area contributed by atoms with Gasteiger partial charge in [0, 0.05) is 12.1 Å². The van der Waals surface area contributed by atoms with Crippen LogP contribution in [0.5, 0.6) is 5.75 Å². The van der Waals surface area contributed by atoms with Crippen LogP contribution in [0.2, 0.25) is 0 Å². The Morgan fingerprint density at radius 3 is 2.45 bits per heavy atom. The van der Waals surface area contributed by atoms with Crippen LogP contribution in [0.15, 0.2) is 36.4 Å². The van der Waals surface area contributed by atoms with Gasteiger partial charge in [0.05, 0.1) is 4.92 Å². The summed E-state index contributed by atoms with van der Waals surface area (Å²) in [6, 6.07) is 7.12. The van der Waals surface area contributed by atoms with Crippen molar-refractivity contribution < 1.29 is 18.4 Å². The highest BCUT2D eigenvalue weighted by atomic mass is 19.1. The SMILES string of the molecule is Cc1cc(F)ccc1COc1cc(F)ccc1[N+](=O)[O-]. The third kappa shape index (κ3) is 3.09. The van der Waals surface area contributed by atoms with Gasteiger partial charge in [-0.3, -0.25) is 10.1 Å². The number of rotatable bonds is 4. The molecule has 104 valence electrons. The molecule has 4 nitrogen and oxygen atoms in total. The van der Waals surface area contributed by atoms with Crippen molar-refractivity contribution in [1.82, 2.24) is 0 Å². The van der Waals surface area contributed by atoms with Crippen molar-refractivity contribution in [3.05, 3.63) is 69.3 Å². The largest absolute Gasteiger partial charge is 0.482 e. The van der Waals surface area contributed by atoms with Crippen LogP contribution in [-0.2, 0) is 6.61 Å². The molecular formula is C14H11F2NO3. The van der Waals surface area contributed by atoms with Crippen LogP contribution in [0.4, 0.5) is 14.5 Å². The van der Waals surface area contributed by atoms with Crippen molar-refractivity contribution in [2.75, 3.05) is 0 Å². The van der Waals surface area contributed by atoms with E-state index in [2.05, 4.69) is 0 Å². The van der Waals surface area contributed by atoms with Crippen molar-refractivity contribution in [2.45, 2.75) is 13.5 Å². The van der Waals surface area contributed by atoms with Crippen LogP contribution in [0.25, 0.3) is 0 Å². The predicted octanol–water partition coefficient (Wildman–Crippen LogP) is 3.76. The highest BCUT2D eigenvalue weighted by Gasteiger charge is 2.16. The second-order valence-corrected chi connectivity index (χ2v) is 4.23. The Labute approximate surface area is 113 Å². The molecule has 0 bridgehead atoms. The van der Waals surface area contributed by atoms with Crippen molar-refractivity contribution >= 4 is 5.69 Å². The van der Waals surface area contributed by atoms with Crippen LogP contribution in [0, 0.1) is 28.7 Å². The zero-order valence-electron chi connectivity index (χ0n) is 10.6. The number of nitro groups is 1. The van der Waals surface area contributed by atoms with Gasteiger partial charge in [-0.1, -0.05) is 6.07 Å².